The van der Waals surface area contributed by atoms with Gasteiger partial charge < -0.3 is 10.0 Å². The fourth-order valence-electron chi connectivity index (χ4n) is 3.17. The molecule has 0 unspecified atom stereocenters. The third kappa shape index (κ3) is 3.12. The Kier molecular flexibility index (Phi) is 4.17. The lowest BCUT2D eigenvalue weighted by Gasteiger charge is -2.42. The number of hydrogen-bond donors (Lipinski definition) is 2. The monoisotopic (exact) mass is 314 g/mol. The number of amides is 1. The fraction of sp³-hybridized carbons (Fsp3) is 0.471. The highest BCUT2D eigenvalue weighted by atomic mass is 16.3. The van der Waals surface area contributed by atoms with Gasteiger partial charge in [-0.1, -0.05) is 19.1 Å². The molecule has 1 fully saturated rings. The van der Waals surface area contributed by atoms with Gasteiger partial charge in [0.15, 0.2) is 5.82 Å². The van der Waals surface area contributed by atoms with Crippen LogP contribution in [-0.2, 0) is 0 Å². The average molecular weight is 314 g/mol. The number of aliphatic hydroxyl groups is 1. The highest BCUT2D eigenvalue weighted by molar-refractivity contribution is 5.94. The smallest absolute Gasteiger partial charge is 0.253 e. The summed E-state index contributed by atoms with van der Waals surface area (Å²) in [5, 5.41) is 17.0. The number of nitrogens with zero attached hydrogens (tertiary/aromatic N) is 3. The zero-order valence-corrected chi connectivity index (χ0v) is 13.5. The Morgan fingerprint density at radius 1 is 1.43 bits per heavy atom. The molecule has 0 bridgehead atoms. The number of hydrogen-bond acceptors (Lipinski definition) is 4. The van der Waals surface area contributed by atoms with Gasteiger partial charge in [0.05, 0.1) is 5.60 Å². The summed E-state index contributed by atoms with van der Waals surface area (Å²) in [7, 11) is 0. The predicted octanol–water partition coefficient (Wildman–Crippen LogP) is 2.09. The minimum Gasteiger partial charge on any atom is -0.390 e. The molecule has 1 amide bonds. The normalized spacial score (nSPS) is 24.7. The summed E-state index contributed by atoms with van der Waals surface area (Å²) in [4.78, 5) is 18.6. The molecular formula is C17H22N4O2. The van der Waals surface area contributed by atoms with Crippen molar-refractivity contribution in [3.8, 4) is 11.4 Å². The van der Waals surface area contributed by atoms with Gasteiger partial charge in [-0.05, 0) is 31.9 Å². The number of aromatic nitrogens is 3. The van der Waals surface area contributed by atoms with E-state index in [0.29, 0.717) is 30.9 Å². The summed E-state index contributed by atoms with van der Waals surface area (Å²) in [5.41, 5.74) is 0.874. The van der Waals surface area contributed by atoms with Gasteiger partial charge in [-0.2, -0.15) is 5.10 Å². The Balaban J connectivity index is 1.73. The molecule has 0 radical (unpaired) electrons. The van der Waals surface area contributed by atoms with Gasteiger partial charge >= 0.3 is 0 Å². The number of H-pyrrole nitrogens is 1. The molecule has 122 valence electrons. The van der Waals surface area contributed by atoms with Gasteiger partial charge in [-0.15, -0.1) is 0 Å². The molecule has 2 atom stereocenters. The molecule has 23 heavy (non-hydrogen) atoms. The maximum Gasteiger partial charge on any atom is 0.253 e. The Morgan fingerprint density at radius 3 is 2.78 bits per heavy atom. The lowest BCUT2D eigenvalue weighted by molar-refractivity contribution is -0.0521. The molecule has 1 aliphatic heterocycles. The van der Waals surface area contributed by atoms with Crippen LogP contribution in [0.25, 0.3) is 11.4 Å². The fourth-order valence-corrected chi connectivity index (χ4v) is 3.17. The second-order valence-electron chi connectivity index (χ2n) is 6.37. The molecule has 2 N–H and O–H groups in total. The zero-order chi connectivity index (χ0) is 16.4. The largest absolute Gasteiger partial charge is 0.390 e. The van der Waals surface area contributed by atoms with E-state index < -0.39 is 5.60 Å². The minimum atomic E-state index is -0.679. The quantitative estimate of drug-likeness (QED) is 0.909. The van der Waals surface area contributed by atoms with E-state index in [1.165, 1.54) is 6.33 Å². The van der Waals surface area contributed by atoms with Crippen molar-refractivity contribution in [3.63, 3.8) is 0 Å². The number of carbonyl (C=O) groups is 1. The molecule has 6 heteroatoms. The summed E-state index contributed by atoms with van der Waals surface area (Å²) in [6, 6.07) is 7.36. The van der Waals surface area contributed by atoms with E-state index in [-0.39, 0.29) is 11.8 Å². The van der Waals surface area contributed by atoms with Crippen LogP contribution < -0.4 is 0 Å². The Hall–Kier alpha value is -2.21. The van der Waals surface area contributed by atoms with Crippen molar-refractivity contribution in [2.45, 2.75) is 32.3 Å². The third-order valence-electron chi connectivity index (χ3n) is 4.81. The van der Waals surface area contributed by atoms with Crippen LogP contribution in [0.3, 0.4) is 0 Å². The first-order chi connectivity index (χ1) is 11.0. The first-order valence-electron chi connectivity index (χ1n) is 7.98. The van der Waals surface area contributed by atoms with Gasteiger partial charge in [0, 0.05) is 30.1 Å². The van der Waals surface area contributed by atoms with Gasteiger partial charge in [0.25, 0.3) is 5.91 Å². The van der Waals surface area contributed by atoms with E-state index in [1.54, 1.807) is 0 Å². The van der Waals surface area contributed by atoms with E-state index in [9.17, 15) is 9.90 Å². The topological polar surface area (TPSA) is 82.1 Å². The van der Waals surface area contributed by atoms with Crippen molar-refractivity contribution >= 4 is 5.91 Å². The van der Waals surface area contributed by atoms with Crippen molar-refractivity contribution in [2.24, 2.45) is 5.92 Å². The summed E-state index contributed by atoms with van der Waals surface area (Å²) in [6.45, 7) is 5.12. The molecule has 0 saturated carbocycles. The van der Waals surface area contributed by atoms with Crippen LogP contribution in [0, 0.1) is 5.92 Å². The van der Waals surface area contributed by atoms with Gasteiger partial charge in [0.1, 0.15) is 6.33 Å². The number of aromatic amines is 1. The second kappa shape index (κ2) is 6.12. The maximum atomic E-state index is 12.7. The molecule has 0 spiro atoms. The highest BCUT2D eigenvalue weighted by Crippen LogP contribution is 2.30. The van der Waals surface area contributed by atoms with Gasteiger partial charge in [-0.25, -0.2) is 4.98 Å². The first-order valence-corrected chi connectivity index (χ1v) is 7.98. The SMILES string of the molecule is CC[C@@H]1CN(C(=O)c2ccc(-c3ncn[nH]3)cc2)CC[C@]1(C)O. The van der Waals surface area contributed by atoms with Crippen LogP contribution in [0.1, 0.15) is 37.0 Å². The summed E-state index contributed by atoms with van der Waals surface area (Å²) < 4.78 is 0. The third-order valence-corrected chi connectivity index (χ3v) is 4.81. The molecule has 2 aromatic rings. The van der Waals surface area contributed by atoms with E-state index in [2.05, 4.69) is 22.1 Å². The summed E-state index contributed by atoms with van der Waals surface area (Å²) >= 11 is 0. The summed E-state index contributed by atoms with van der Waals surface area (Å²) in [5.74, 6) is 0.820. The molecule has 2 heterocycles. The molecule has 1 aromatic carbocycles. The van der Waals surface area contributed by atoms with Crippen LogP contribution in [0.2, 0.25) is 0 Å². The molecule has 6 nitrogen and oxygen atoms in total. The molecule has 0 aliphatic carbocycles. The highest BCUT2D eigenvalue weighted by Gasteiger charge is 2.37. The second-order valence-corrected chi connectivity index (χ2v) is 6.37. The van der Waals surface area contributed by atoms with Crippen molar-refractivity contribution in [1.82, 2.24) is 20.1 Å². The van der Waals surface area contributed by atoms with Crippen molar-refractivity contribution in [2.75, 3.05) is 13.1 Å². The standard InChI is InChI=1S/C17H22N4O2/c1-3-14-10-21(9-8-17(14,2)23)16(22)13-6-4-12(5-7-13)15-18-11-19-20-15/h4-7,11,14,23H,3,8-10H2,1-2H3,(H,18,19,20)/t14-,17+/m1/s1. The molecule has 1 aromatic heterocycles. The Morgan fingerprint density at radius 2 is 2.17 bits per heavy atom. The van der Waals surface area contributed by atoms with Crippen molar-refractivity contribution in [3.05, 3.63) is 36.2 Å². The predicted molar refractivity (Wildman–Crippen MR) is 86.7 cm³/mol. The average Bonchev–Trinajstić information content (AvgIpc) is 3.09. The zero-order valence-electron chi connectivity index (χ0n) is 13.5. The van der Waals surface area contributed by atoms with Crippen LogP contribution in [0.4, 0.5) is 0 Å². The molecular weight excluding hydrogens is 292 g/mol. The van der Waals surface area contributed by atoms with Gasteiger partial charge in [0.2, 0.25) is 0 Å². The summed E-state index contributed by atoms with van der Waals surface area (Å²) in [6.07, 6.45) is 2.94. The van der Waals surface area contributed by atoms with Crippen LogP contribution in [0.15, 0.2) is 30.6 Å². The molecule has 1 saturated heterocycles. The van der Waals surface area contributed by atoms with E-state index in [0.717, 1.165) is 12.0 Å². The van der Waals surface area contributed by atoms with Crippen molar-refractivity contribution < 1.29 is 9.90 Å². The maximum absolute atomic E-state index is 12.7. The van der Waals surface area contributed by atoms with Crippen LogP contribution in [0.5, 0.6) is 0 Å². The molecule has 1 aliphatic rings. The molecule has 3 rings (SSSR count). The van der Waals surface area contributed by atoms with Crippen LogP contribution >= 0.6 is 0 Å². The van der Waals surface area contributed by atoms with Crippen LogP contribution in [-0.4, -0.2) is 49.8 Å². The first kappa shape index (κ1) is 15.7. The van der Waals surface area contributed by atoms with E-state index in [4.69, 9.17) is 0 Å². The number of piperidine rings is 1. The number of likely N-dealkylation sites (tertiary alicyclic amines) is 1. The lowest BCUT2D eigenvalue weighted by atomic mass is 9.81. The number of carbonyl (C=O) groups excluding carboxylic acids is 1. The minimum absolute atomic E-state index is 0.0167. The lowest BCUT2D eigenvalue weighted by Crippen LogP contribution is -2.51. The van der Waals surface area contributed by atoms with Crippen molar-refractivity contribution in [1.29, 1.82) is 0 Å². The Labute approximate surface area is 135 Å². The van der Waals surface area contributed by atoms with E-state index in [1.807, 2.05) is 36.1 Å². The number of nitrogens with one attached hydrogen (secondary N) is 1. The van der Waals surface area contributed by atoms with Gasteiger partial charge in [-0.3, -0.25) is 9.89 Å². The Bertz CT molecular complexity index is 664. The number of rotatable bonds is 3. The van der Waals surface area contributed by atoms with E-state index >= 15 is 0 Å². The number of benzene rings is 1.